The van der Waals surface area contributed by atoms with Crippen LogP contribution in [0.5, 0.6) is 0 Å². The summed E-state index contributed by atoms with van der Waals surface area (Å²) >= 11 is 0. The van der Waals surface area contributed by atoms with Gasteiger partial charge in [0.15, 0.2) is 0 Å². The Balaban J connectivity index is 0.00000180. The highest BCUT2D eigenvalue weighted by atomic mass is 35.5. The van der Waals surface area contributed by atoms with Crippen molar-refractivity contribution in [2.45, 2.75) is 6.54 Å². The minimum atomic E-state index is 0. The first-order valence-electron chi connectivity index (χ1n) is 6.40. The van der Waals surface area contributed by atoms with Crippen LogP contribution in [-0.2, 0) is 6.54 Å². The molecule has 1 heterocycles. The van der Waals surface area contributed by atoms with Gasteiger partial charge in [-0.05, 0) is 31.8 Å². The summed E-state index contributed by atoms with van der Waals surface area (Å²) in [7, 11) is 4.07. The van der Waals surface area contributed by atoms with Gasteiger partial charge >= 0.3 is 0 Å². The van der Waals surface area contributed by atoms with Crippen LogP contribution in [0.3, 0.4) is 0 Å². The molecule has 0 unspecified atom stereocenters. The molecule has 0 atom stereocenters. The zero-order valence-electron chi connectivity index (χ0n) is 11.6. The van der Waals surface area contributed by atoms with E-state index in [4.69, 9.17) is 0 Å². The molecule has 0 radical (unpaired) electrons. The summed E-state index contributed by atoms with van der Waals surface area (Å²) < 4.78 is 0. The topological polar surface area (TPSA) is 35.6 Å². The molecule has 1 aromatic carbocycles. The number of nitrogens with one attached hydrogen (secondary N) is 1. The third-order valence-electron chi connectivity index (χ3n) is 3.08. The quantitative estimate of drug-likeness (QED) is 0.906. The van der Waals surface area contributed by atoms with Gasteiger partial charge in [-0.1, -0.05) is 12.1 Å². The van der Waals surface area contributed by atoms with Gasteiger partial charge in [-0.25, -0.2) is 0 Å². The van der Waals surface area contributed by atoms with Gasteiger partial charge in [-0.15, -0.1) is 12.4 Å². The largest absolute Gasteiger partial charge is 0.336 e. The van der Waals surface area contributed by atoms with Crippen LogP contribution < -0.4 is 5.32 Å². The van der Waals surface area contributed by atoms with Crippen molar-refractivity contribution < 1.29 is 4.79 Å². The maximum absolute atomic E-state index is 12.3. The smallest absolute Gasteiger partial charge is 0.253 e. The molecule has 0 aromatic heterocycles. The molecule has 0 aliphatic carbocycles. The Morgan fingerprint density at radius 1 is 1.32 bits per heavy atom. The summed E-state index contributed by atoms with van der Waals surface area (Å²) in [5, 5.41) is 3.26. The summed E-state index contributed by atoms with van der Waals surface area (Å²) in [6, 6.07) is 7.94. The number of carbonyl (C=O) groups is 1. The van der Waals surface area contributed by atoms with Gasteiger partial charge in [0.2, 0.25) is 0 Å². The van der Waals surface area contributed by atoms with E-state index in [1.54, 1.807) is 0 Å². The molecule has 19 heavy (non-hydrogen) atoms. The first-order valence-corrected chi connectivity index (χ1v) is 6.40. The van der Waals surface area contributed by atoms with E-state index in [1.807, 2.05) is 37.2 Å². The Morgan fingerprint density at radius 3 is 2.63 bits per heavy atom. The SMILES string of the molecule is CN(C)Cc1cccc(C(=O)N2CCNCC2)c1.Cl. The molecule has 0 saturated carbocycles. The highest BCUT2D eigenvalue weighted by Gasteiger charge is 2.17. The van der Waals surface area contributed by atoms with Gasteiger partial charge in [0.05, 0.1) is 0 Å². The minimum Gasteiger partial charge on any atom is -0.336 e. The van der Waals surface area contributed by atoms with Crippen LogP contribution in [0.15, 0.2) is 24.3 Å². The number of hydrogen-bond acceptors (Lipinski definition) is 3. The monoisotopic (exact) mass is 283 g/mol. The summed E-state index contributed by atoms with van der Waals surface area (Å²) in [5.41, 5.74) is 1.98. The second kappa shape index (κ2) is 7.48. The molecule has 106 valence electrons. The normalized spacial score (nSPS) is 15.2. The molecule has 2 rings (SSSR count). The lowest BCUT2D eigenvalue weighted by Gasteiger charge is -2.27. The van der Waals surface area contributed by atoms with Crippen LogP contribution in [0.1, 0.15) is 15.9 Å². The van der Waals surface area contributed by atoms with Crippen LogP contribution in [-0.4, -0.2) is 56.0 Å². The maximum atomic E-state index is 12.3. The highest BCUT2D eigenvalue weighted by molar-refractivity contribution is 5.94. The number of rotatable bonds is 3. The molecule has 1 N–H and O–H groups in total. The Kier molecular flexibility index (Phi) is 6.28. The molecule has 4 nitrogen and oxygen atoms in total. The molecule has 1 fully saturated rings. The van der Waals surface area contributed by atoms with Crippen molar-refractivity contribution in [2.24, 2.45) is 0 Å². The van der Waals surface area contributed by atoms with Gasteiger partial charge < -0.3 is 15.1 Å². The maximum Gasteiger partial charge on any atom is 0.253 e. The zero-order valence-corrected chi connectivity index (χ0v) is 12.4. The van der Waals surface area contributed by atoms with Gasteiger partial charge in [-0.2, -0.15) is 0 Å². The molecular weight excluding hydrogens is 262 g/mol. The van der Waals surface area contributed by atoms with Crippen LogP contribution >= 0.6 is 12.4 Å². The third kappa shape index (κ3) is 4.49. The second-order valence-electron chi connectivity index (χ2n) is 4.98. The fraction of sp³-hybridized carbons (Fsp3) is 0.500. The van der Waals surface area contributed by atoms with Crippen molar-refractivity contribution in [3.63, 3.8) is 0 Å². The lowest BCUT2D eigenvalue weighted by atomic mass is 10.1. The van der Waals surface area contributed by atoms with Gasteiger partial charge in [-0.3, -0.25) is 4.79 Å². The lowest BCUT2D eigenvalue weighted by molar-refractivity contribution is 0.0735. The predicted octanol–water partition coefficient (Wildman–Crippen LogP) is 1.22. The molecule has 1 saturated heterocycles. The van der Waals surface area contributed by atoms with E-state index in [-0.39, 0.29) is 18.3 Å². The Morgan fingerprint density at radius 2 is 2.00 bits per heavy atom. The molecule has 1 aliphatic heterocycles. The first-order chi connectivity index (χ1) is 8.66. The standard InChI is InChI=1S/C14H21N3O.ClH/c1-16(2)11-12-4-3-5-13(10-12)14(18)17-8-6-15-7-9-17;/h3-5,10,15H,6-9,11H2,1-2H3;1H. The molecular formula is C14H22ClN3O. The fourth-order valence-corrected chi connectivity index (χ4v) is 2.22. The molecule has 1 aliphatic rings. The second-order valence-corrected chi connectivity index (χ2v) is 4.98. The van der Waals surface area contributed by atoms with Crippen LogP contribution in [0, 0.1) is 0 Å². The van der Waals surface area contributed by atoms with Crippen molar-refractivity contribution in [1.82, 2.24) is 15.1 Å². The van der Waals surface area contributed by atoms with Crippen molar-refractivity contribution in [2.75, 3.05) is 40.3 Å². The fourth-order valence-electron chi connectivity index (χ4n) is 2.22. The van der Waals surface area contributed by atoms with Gasteiger partial charge in [0, 0.05) is 38.3 Å². The van der Waals surface area contributed by atoms with Gasteiger partial charge in [0.25, 0.3) is 5.91 Å². The molecule has 0 bridgehead atoms. The summed E-state index contributed by atoms with van der Waals surface area (Å²) in [6.45, 7) is 4.25. The minimum absolute atomic E-state index is 0. The van der Waals surface area contributed by atoms with Crippen LogP contribution in [0.25, 0.3) is 0 Å². The Labute approximate surface area is 121 Å². The Bertz CT molecular complexity index is 417. The van der Waals surface area contributed by atoms with Crippen molar-refractivity contribution in [3.05, 3.63) is 35.4 Å². The number of benzene rings is 1. The van der Waals surface area contributed by atoms with Crippen molar-refractivity contribution >= 4 is 18.3 Å². The van der Waals surface area contributed by atoms with E-state index in [0.29, 0.717) is 0 Å². The zero-order chi connectivity index (χ0) is 13.0. The predicted molar refractivity (Wildman–Crippen MR) is 79.9 cm³/mol. The number of carbonyl (C=O) groups excluding carboxylic acids is 1. The number of amides is 1. The van der Waals surface area contributed by atoms with E-state index < -0.39 is 0 Å². The lowest BCUT2D eigenvalue weighted by Crippen LogP contribution is -2.46. The first kappa shape index (κ1) is 16.0. The van der Waals surface area contributed by atoms with E-state index in [0.717, 1.165) is 38.3 Å². The van der Waals surface area contributed by atoms with E-state index in [9.17, 15) is 4.79 Å². The summed E-state index contributed by atoms with van der Waals surface area (Å²) in [6.07, 6.45) is 0. The average molecular weight is 284 g/mol. The van der Waals surface area contributed by atoms with Crippen LogP contribution in [0.2, 0.25) is 0 Å². The van der Waals surface area contributed by atoms with Gasteiger partial charge in [0.1, 0.15) is 0 Å². The molecule has 0 spiro atoms. The Hall–Kier alpha value is -1.10. The van der Waals surface area contributed by atoms with E-state index >= 15 is 0 Å². The number of halogens is 1. The summed E-state index contributed by atoms with van der Waals surface area (Å²) in [4.78, 5) is 16.3. The molecule has 1 amide bonds. The van der Waals surface area contributed by atoms with Crippen molar-refractivity contribution in [1.29, 1.82) is 0 Å². The van der Waals surface area contributed by atoms with E-state index in [1.165, 1.54) is 5.56 Å². The summed E-state index contributed by atoms with van der Waals surface area (Å²) in [5.74, 6) is 0.150. The number of hydrogen-bond donors (Lipinski definition) is 1. The molecule has 5 heteroatoms. The van der Waals surface area contributed by atoms with Crippen molar-refractivity contribution in [3.8, 4) is 0 Å². The van der Waals surface area contributed by atoms with E-state index in [2.05, 4.69) is 16.3 Å². The number of nitrogens with zero attached hydrogens (tertiary/aromatic N) is 2. The number of piperazine rings is 1. The average Bonchev–Trinajstić information content (AvgIpc) is 2.38. The van der Waals surface area contributed by atoms with Crippen LogP contribution in [0.4, 0.5) is 0 Å². The highest BCUT2D eigenvalue weighted by Crippen LogP contribution is 2.10. The molecule has 1 aromatic rings. The third-order valence-corrected chi connectivity index (χ3v) is 3.08.